The van der Waals surface area contributed by atoms with Crippen LogP contribution in [0.2, 0.25) is 0 Å². The van der Waals surface area contributed by atoms with Crippen molar-refractivity contribution in [3.8, 4) is 5.69 Å². The summed E-state index contributed by atoms with van der Waals surface area (Å²) in [6.07, 6.45) is 1.56. The average molecular weight is 421 g/mol. The van der Waals surface area contributed by atoms with Crippen molar-refractivity contribution in [2.45, 2.75) is 26.3 Å². The van der Waals surface area contributed by atoms with Crippen molar-refractivity contribution in [2.75, 3.05) is 5.32 Å². The summed E-state index contributed by atoms with van der Waals surface area (Å²) in [4.78, 5) is 22.7. The lowest BCUT2D eigenvalue weighted by Crippen LogP contribution is -2.36. The maximum absolute atomic E-state index is 13.8. The van der Waals surface area contributed by atoms with Gasteiger partial charge in [-0.05, 0) is 62.1 Å². The van der Waals surface area contributed by atoms with Gasteiger partial charge in [0.15, 0.2) is 0 Å². The Kier molecular flexibility index (Phi) is 4.74. The van der Waals surface area contributed by atoms with Crippen molar-refractivity contribution in [1.29, 1.82) is 0 Å². The first kappa shape index (κ1) is 19.9. The van der Waals surface area contributed by atoms with Crippen LogP contribution in [-0.4, -0.2) is 14.5 Å². The number of pyridine rings is 1. The van der Waals surface area contributed by atoms with E-state index in [-0.39, 0.29) is 5.56 Å². The number of aromatic nitrogens is 3. The molecule has 0 aliphatic heterocycles. The van der Waals surface area contributed by atoms with E-state index in [9.17, 15) is 4.79 Å². The van der Waals surface area contributed by atoms with Gasteiger partial charge in [-0.2, -0.15) is 0 Å². The molecule has 5 aromatic rings. The van der Waals surface area contributed by atoms with Crippen LogP contribution in [0.15, 0.2) is 90.0 Å². The molecule has 0 saturated carbocycles. The van der Waals surface area contributed by atoms with Crippen molar-refractivity contribution >= 4 is 27.5 Å². The van der Waals surface area contributed by atoms with E-state index in [0.717, 1.165) is 44.4 Å². The van der Waals surface area contributed by atoms with Gasteiger partial charge < -0.3 is 5.32 Å². The lowest BCUT2D eigenvalue weighted by atomic mass is 9.95. The lowest BCUT2D eigenvalue weighted by Gasteiger charge is -2.31. The number of para-hydroxylation sites is 2. The molecular formula is C27H24N4O. The van der Waals surface area contributed by atoms with Crippen LogP contribution in [0.3, 0.4) is 0 Å². The molecule has 2 heterocycles. The molecule has 1 N–H and O–H groups in total. The number of anilines is 1. The SMILES string of the molecule is Cc1cccc2cc(C(C)(C)Nc3ncnc4ccccc34)n(-c3ccccc3)c(=O)c12. The third kappa shape index (κ3) is 3.32. The van der Waals surface area contributed by atoms with Gasteiger partial charge in [0.05, 0.1) is 22.1 Å². The molecule has 0 atom stereocenters. The van der Waals surface area contributed by atoms with E-state index >= 15 is 0 Å². The minimum Gasteiger partial charge on any atom is -0.359 e. The van der Waals surface area contributed by atoms with Gasteiger partial charge in [-0.25, -0.2) is 9.97 Å². The molecule has 0 aliphatic carbocycles. The largest absolute Gasteiger partial charge is 0.359 e. The third-order valence-corrected chi connectivity index (χ3v) is 5.88. The van der Waals surface area contributed by atoms with E-state index in [1.165, 1.54) is 0 Å². The Labute approximate surface area is 186 Å². The second-order valence-electron chi connectivity index (χ2n) is 8.53. The van der Waals surface area contributed by atoms with Crippen LogP contribution in [-0.2, 0) is 5.54 Å². The number of fused-ring (bicyclic) bond motifs is 2. The maximum Gasteiger partial charge on any atom is 0.263 e. The summed E-state index contributed by atoms with van der Waals surface area (Å²) in [5, 5.41) is 6.19. The first-order valence-electron chi connectivity index (χ1n) is 10.6. The maximum atomic E-state index is 13.8. The molecular weight excluding hydrogens is 396 g/mol. The van der Waals surface area contributed by atoms with E-state index in [0.29, 0.717) is 0 Å². The van der Waals surface area contributed by atoms with E-state index in [2.05, 4.69) is 35.2 Å². The normalized spacial score (nSPS) is 11.7. The summed E-state index contributed by atoms with van der Waals surface area (Å²) < 4.78 is 1.81. The minimum atomic E-state index is -0.607. The highest BCUT2D eigenvalue weighted by Gasteiger charge is 2.28. The van der Waals surface area contributed by atoms with E-state index in [1.54, 1.807) is 6.33 Å². The first-order chi connectivity index (χ1) is 15.5. The van der Waals surface area contributed by atoms with Gasteiger partial charge in [-0.3, -0.25) is 9.36 Å². The number of rotatable bonds is 4. The Morgan fingerprint density at radius 3 is 2.44 bits per heavy atom. The van der Waals surface area contributed by atoms with Gasteiger partial charge in [0, 0.05) is 11.1 Å². The van der Waals surface area contributed by atoms with E-state index in [1.807, 2.05) is 84.3 Å². The van der Waals surface area contributed by atoms with Crippen LogP contribution in [0.4, 0.5) is 5.82 Å². The predicted molar refractivity (Wildman–Crippen MR) is 130 cm³/mol. The predicted octanol–water partition coefficient (Wildman–Crippen LogP) is 5.59. The van der Waals surface area contributed by atoms with Crippen LogP contribution in [0, 0.1) is 6.92 Å². The topological polar surface area (TPSA) is 59.8 Å². The molecule has 32 heavy (non-hydrogen) atoms. The van der Waals surface area contributed by atoms with Crippen LogP contribution in [0.1, 0.15) is 25.1 Å². The lowest BCUT2D eigenvalue weighted by molar-refractivity contribution is 0.564. The summed E-state index contributed by atoms with van der Waals surface area (Å²) in [7, 11) is 0. The first-order valence-corrected chi connectivity index (χ1v) is 10.6. The van der Waals surface area contributed by atoms with Crippen LogP contribution in [0.25, 0.3) is 27.4 Å². The monoisotopic (exact) mass is 420 g/mol. The molecule has 5 rings (SSSR count). The molecule has 0 unspecified atom stereocenters. The second kappa shape index (κ2) is 7.61. The molecule has 0 spiro atoms. The fourth-order valence-electron chi connectivity index (χ4n) is 4.29. The highest BCUT2D eigenvalue weighted by molar-refractivity contribution is 5.89. The molecule has 0 fully saturated rings. The van der Waals surface area contributed by atoms with Gasteiger partial charge in [-0.1, -0.05) is 48.5 Å². The van der Waals surface area contributed by atoms with Crippen molar-refractivity contribution in [1.82, 2.24) is 14.5 Å². The number of nitrogens with one attached hydrogen (secondary N) is 1. The van der Waals surface area contributed by atoms with Gasteiger partial charge in [-0.15, -0.1) is 0 Å². The van der Waals surface area contributed by atoms with Crippen LogP contribution < -0.4 is 10.9 Å². The molecule has 2 aromatic heterocycles. The van der Waals surface area contributed by atoms with Gasteiger partial charge >= 0.3 is 0 Å². The zero-order chi connectivity index (χ0) is 22.3. The zero-order valence-electron chi connectivity index (χ0n) is 18.3. The van der Waals surface area contributed by atoms with Crippen molar-refractivity contribution in [2.24, 2.45) is 0 Å². The minimum absolute atomic E-state index is 0.0239. The second-order valence-corrected chi connectivity index (χ2v) is 8.53. The molecule has 0 aliphatic rings. The average Bonchev–Trinajstić information content (AvgIpc) is 2.79. The Morgan fingerprint density at radius 1 is 0.875 bits per heavy atom. The molecule has 5 heteroatoms. The standard InChI is InChI=1S/C27H24N4O/c1-18-10-9-11-19-16-23(31(26(32)24(18)19)20-12-5-4-6-13-20)27(2,3)30-25-21-14-7-8-15-22(21)28-17-29-25/h4-17H,1-3H3,(H,28,29,30). The summed E-state index contributed by atoms with van der Waals surface area (Å²) in [5.41, 5.74) is 2.90. The Hall–Kier alpha value is -3.99. The zero-order valence-corrected chi connectivity index (χ0v) is 18.3. The molecule has 5 nitrogen and oxygen atoms in total. The Morgan fingerprint density at radius 2 is 1.62 bits per heavy atom. The van der Waals surface area contributed by atoms with Crippen LogP contribution in [0.5, 0.6) is 0 Å². The summed E-state index contributed by atoms with van der Waals surface area (Å²) in [5.74, 6) is 0.733. The van der Waals surface area contributed by atoms with Gasteiger partial charge in [0.1, 0.15) is 12.1 Å². The Balaban J connectivity index is 1.76. The number of hydrogen-bond acceptors (Lipinski definition) is 4. The fourth-order valence-corrected chi connectivity index (χ4v) is 4.29. The molecule has 0 saturated heterocycles. The smallest absolute Gasteiger partial charge is 0.263 e. The fraction of sp³-hybridized carbons (Fsp3) is 0.148. The van der Waals surface area contributed by atoms with Gasteiger partial charge in [0.2, 0.25) is 0 Å². The number of aryl methyl sites for hydroxylation is 1. The summed E-state index contributed by atoms with van der Waals surface area (Å²) in [6.45, 7) is 6.12. The van der Waals surface area contributed by atoms with E-state index in [4.69, 9.17) is 0 Å². The quantitative estimate of drug-likeness (QED) is 0.412. The van der Waals surface area contributed by atoms with Gasteiger partial charge in [0.25, 0.3) is 5.56 Å². The van der Waals surface area contributed by atoms with E-state index < -0.39 is 5.54 Å². The number of nitrogens with zero attached hydrogens (tertiary/aromatic N) is 3. The van der Waals surface area contributed by atoms with Crippen LogP contribution >= 0.6 is 0 Å². The molecule has 0 amide bonds. The van der Waals surface area contributed by atoms with Crippen molar-refractivity contribution < 1.29 is 0 Å². The third-order valence-electron chi connectivity index (χ3n) is 5.88. The Bertz CT molecular complexity index is 1500. The highest BCUT2D eigenvalue weighted by Crippen LogP contribution is 2.31. The molecule has 0 radical (unpaired) electrons. The van der Waals surface area contributed by atoms with Crippen molar-refractivity contribution in [3.05, 3.63) is 107 Å². The number of hydrogen-bond donors (Lipinski definition) is 1. The highest BCUT2D eigenvalue weighted by atomic mass is 16.1. The van der Waals surface area contributed by atoms with Crippen molar-refractivity contribution in [3.63, 3.8) is 0 Å². The number of benzene rings is 3. The molecule has 3 aromatic carbocycles. The summed E-state index contributed by atoms with van der Waals surface area (Å²) >= 11 is 0. The molecule has 0 bridgehead atoms. The summed E-state index contributed by atoms with van der Waals surface area (Å²) in [6, 6.07) is 25.8. The molecule has 158 valence electrons.